The smallest absolute Gasteiger partial charge is 0.221 e. The molecule has 0 aromatic rings. The molecule has 0 saturated carbocycles. The molecule has 1 saturated heterocycles. The van der Waals surface area contributed by atoms with Crippen molar-refractivity contribution in [2.75, 3.05) is 33.3 Å². The van der Waals surface area contributed by atoms with Gasteiger partial charge >= 0.3 is 0 Å². The largest absolute Gasteiger partial charge is 0.377 e. The lowest BCUT2D eigenvalue weighted by Crippen LogP contribution is -2.50. The Morgan fingerprint density at radius 1 is 1.65 bits per heavy atom. The number of hydrogen-bond acceptors (Lipinski definition) is 4. The van der Waals surface area contributed by atoms with Crippen LogP contribution >= 0.6 is 0 Å². The van der Waals surface area contributed by atoms with Crippen LogP contribution in [0.4, 0.5) is 0 Å². The van der Waals surface area contributed by atoms with Crippen LogP contribution in [0.2, 0.25) is 0 Å². The van der Waals surface area contributed by atoms with Crippen molar-refractivity contribution in [3.05, 3.63) is 0 Å². The van der Waals surface area contributed by atoms with Gasteiger partial charge in [-0.1, -0.05) is 0 Å². The van der Waals surface area contributed by atoms with Crippen LogP contribution in [-0.4, -0.2) is 56.2 Å². The number of nitrogens with two attached hydrogens (primary N) is 1. The van der Waals surface area contributed by atoms with Crippen LogP contribution in [0.3, 0.4) is 0 Å². The van der Waals surface area contributed by atoms with Crippen LogP contribution in [0.15, 0.2) is 0 Å². The molecule has 2 atom stereocenters. The molecule has 1 heterocycles. The molecule has 5 heteroatoms. The first kappa shape index (κ1) is 14.4. The van der Waals surface area contributed by atoms with E-state index >= 15 is 0 Å². The fourth-order valence-electron chi connectivity index (χ4n) is 2.35. The maximum atomic E-state index is 11.4. The summed E-state index contributed by atoms with van der Waals surface area (Å²) in [6.45, 7) is 5.20. The SMILES string of the molecule is CCOC1CCCN(C(CN)CC(=O)NC)C1. The Morgan fingerprint density at radius 2 is 2.41 bits per heavy atom. The zero-order valence-electron chi connectivity index (χ0n) is 10.9. The van der Waals surface area contributed by atoms with E-state index in [4.69, 9.17) is 10.5 Å². The van der Waals surface area contributed by atoms with Gasteiger partial charge in [0, 0.05) is 39.2 Å². The number of carbonyl (C=O) groups is 1. The number of ether oxygens (including phenoxy) is 1. The van der Waals surface area contributed by atoms with Gasteiger partial charge in [-0.15, -0.1) is 0 Å². The van der Waals surface area contributed by atoms with Gasteiger partial charge in [-0.3, -0.25) is 9.69 Å². The monoisotopic (exact) mass is 243 g/mol. The van der Waals surface area contributed by atoms with Gasteiger partial charge in [0.2, 0.25) is 5.91 Å². The molecule has 0 aromatic carbocycles. The second kappa shape index (κ2) is 7.63. The van der Waals surface area contributed by atoms with Crippen LogP contribution < -0.4 is 11.1 Å². The lowest BCUT2D eigenvalue weighted by molar-refractivity contribution is -0.122. The molecule has 0 bridgehead atoms. The van der Waals surface area contributed by atoms with Crippen LogP contribution in [0.1, 0.15) is 26.2 Å². The fourth-order valence-corrected chi connectivity index (χ4v) is 2.35. The normalized spacial score (nSPS) is 23.4. The highest BCUT2D eigenvalue weighted by molar-refractivity contribution is 5.76. The quantitative estimate of drug-likeness (QED) is 0.686. The molecule has 1 aliphatic rings. The summed E-state index contributed by atoms with van der Waals surface area (Å²) in [7, 11) is 1.66. The van der Waals surface area contributed by atoms with Crippen molar-refractivity contribution in [1.82, 2.24) is 10.2 Å². The molecule has 0 aliphatic carbocycles. The number of rotatable bonds is 6. The van der Waals surface area contributed by atoms with E-state index in [0.29, 0.717) is 19.1 Å². The predicted molar refractivity (Wildman–Crippen MR) is 67.7 cm³/mol. The van der Waals surface area contributed by atoms with Crippen molar-refractivity contribution in [2.45, 2.75) is 38.3 Å². The van der Waals surface area contributed by atoms with Gasteiger partial charge in [0.05, 0.1) is 6.10 Å². The Kier molecular flexibility index (Phi) is 6.47. The van der Waals surface area contributed by atoms with Crippen LogP contribution in [0.25, 0.3) is 0 Å². The third kappa shape index (κ3) is 4.61. The van der Waals surface area contributed by atoms with E-state index in [2.05, 4.69) is 10.2 Å². The summed E-state index contributed by atoms with van der Waals surface area (Å²) >= 11 is 0. The second-order valence-corrected chi connectivity index (χ2v) is 4.48. The maximum absolute atomic E-state index is 11.4. The van der Waals surface area contributed by atoms with Gasteiger partial charge in [-0.05, 0) is 26.3 Å². The van der Waals surface area contributed by atoms with Crippen molar-refractivity contribution in [3.63, 3.8) is 0 Å². The highest BCUT2D eigenvalue weighted by Gasteiger charge is 2.26. The topological polar surface area (TPSA) is 67.6 Å². The molecular weight excluding hydrogens is 218 g/mol. The third-order valence-electron chi connectivity index (χ3n) is 3.30. The second-order valence-electron chi connectivity index (χ2n) is 4.48. The molecule has 100 valence electrons. The molecule has 1 aliphatic heterocycles. The van der Waals surface area contributed by atoms with E-state index in [1.165, 1.54) is 0 Å². The average molecular weight is 243 g/mol. The Hall–Kier alpha value is -0.650. The van der Waals surface area contributed by atoms with Gasteiger partial charge in [0.15, 0.2) is 0 Å². The molecule has 0 radical (unpaired) electrons. The Bertz CT molecular complexity index is 234. The zero-order valence-corrected chi connectivity index (χ0v) is 10.9. The lowest BCUT2D eigenvalue weighted by atomic mass is 10.0. The van der Waals surface area contributed by atoms with Crippen molar-refractivity contribution in [1.29, 1.82) is 0 Å². The van der Waals surface area contributed by atoms with Crippen LogP contribution in [0.5, 0.6) is 0 Å². The number of carbonyl (C=O) groups excluding carboxylic acids is 1. The molecule has 1 fully saturated rings. The average Bonchev–Trinajstić information content (AvgIpc) is 2.36. The third-order valence-corrected chi connectivity index (χ3v) is 3.30. The minimum absolute atomic E-state index is 0.0546. The molecule has 1 rings (SSSR count). The molecule has 2 unspecified atom stereocenters. The van der Waals surface area contributed by atoms with E-state index in [1.54, 1.807) is 7.05 Å². The van der Waals surface area contributed by atoms with Crippen LogP contribution in [-0.2, 0) is 9.53 Å². The number of hydrogen-bond donors (Lipinski definition) is 2. The lowest BCUT2D eigenvalue weighted by Gasteiger charge is -2.37. The highest BCUT2D eigenvalue weighted by Crippen LogP contribution is 2.16. The Labute approximate surface area is 104 Å². The van der Waals surface area contributed by atoms with E-state index in [1.807, 2.05) is 6.92 Å². The van der Waals surface area contributed by atoms with Gasteiger partial charge < -0.3 is 15.8 Å². The number of likely N-dealkylation sites (tertiary alicyclic amines) is 1. The summed E-state index contributed by atoms with van der Waals surface area (Å²) in [6, 6.07) is 0.137. The highest BCUT2D eigenvalue weighted by atomic mass is 16.5. The van der Waals surface area contributed by atoms with Crippen molar-refractivity contribution in [3.8, 4) is 0 Å². The first-order valence-electron chi connectivity index (χ1n) is 6.47. The van der Waals surface area contributed by atoms with Crippen molar-refractivity contribution >= 4 is 5.91 Å². The van der Waals surface area contributed by atoms with Crippen LogP contribution in [0, 0.1) is 0 Å². The predicted octanol–water partition coefficient (Wildman–Crippen LogP) is -0.0493. The molecular formula is C12H25N3O2. The first-order valence-corrected chi connectivity index (χ1v) is 6.47. The fraction of sp³-hybridized carbons (Fsp3) is 0.917. The first-order chi connectivity index (χ1) is 8.21. The molecule has 1 amide bonds. The summed E-state index contributed by atoms with van der Waals surface area (Å²) in [4.78, 5) is 13.7. The van der Waals surface area contributed by atoms with Gasteiger partial charge in [0.25, 0.3) is 0 Å². The van der Waals surface area contributed by atoms with Crippen molar-refractivity contribution in [2.24, 2.45) is 5.73 Å². The van der Waals surface area contributed by atoms with E-state index in [9.17, 15) is 4.79 Å². The molecule has 5 nitrogen and oxygen atoms in total. The zero-order chi connectivity index (χ0) is 12.7. The minimum atomic E-state index is 0.0546. The standard InChI is InChI=1S/C12H25N3O2/c1-3-17-11-5-4-6-15(9-11)10(8-13)7-12(16)14-2/h10-11H,3-9,13H2,1-2H3,(H,14,16). The van der Waals surface area contributed by atoms with Gasteiger partial charge in [-0.2, -0.15) is 0 Å². The Balaban J connectivity index is 2.47. The number of piperidine rings is 1. The summed E-state index contributed by atoms with van der Waals surface area (Å²) < 4.78 is 5.66. The molecule has 3 N–H and O–H groups in total. The minimum Gasteiger partial charge on any atom is -0.377 e. The maximum Gasteiger partial charge on any atom is 0.221 e. The van der Waals surface area contributed by atoms with Crippen molar-refractivity contribution < 1.29 is 9.53 Å². The van der Waals surface area contributed by atoms with Gasteiger partial charge in [-0.25, -0.2) is 0 Å². The summed E-state index contributed by atoms with van der Waals surface area (Å²) in [5.74, 6) is 0.0546. The Morgan fingerprint density at radius 3 is 3.00 bits per heavy atom. The van der Waals surface area contributed by atoms with E-state index in [-0.39, 0.29) is 11.9 Å². The van der Waals surface area contributed by atoms with Gasteiger partial charge in [0.1, 0.15) is 0 Å². The van der Waals surface area contributed by atoms with E-state index in [0.717, 1.165) is 32.5 Å². The molecule has 17 heavy (non-hydrogen) atoms. The summed E-state index contributed by atoms with van der Waals surface area (Å²) in [6.07, 6.45) is 3.01. The number of nitrogens with one attached hydrogen (secondary N) is 1. The summed E-state index contributed by atoms with van der Waals surface area (Å²) in [5.41, 5.74) is 5.76. The van der Waals surface area contributed by atoms with E-state index < -0.39 is 0 Å². The number of amides is 1. The number of nitrogens with zero attached hydrogens (tertiary/aromatic N) is 1. The molecule has 0 aromatic heterocycles. The summed E-state index contributed by atoms with van der Waals surface area (Å²) in [5, 5.41) is 2.65. The molecule has 0 spiro atoms.